The van der Waals surface area contributed by atoms with Crippen LogP contribution in [0.25, 0.3) is 0 Å². The van der Waals surface area contributed by atoms with Gasteiger partial charge in [0.2, 0.25) is 0 Å². The Morgan fingerprint density at radius 3 is 2.56 bits per heavy atom. The van der Waals surface area contributed by atoms with Crippen molar-refractivity contribution in [3.05, 3.63) is 36.3 Å². The zero-order valence-corrected chi connectivity index (χ0v) is 12.4. The van der Waals surface area contributed by atoms with Crippen LogP contribution in [0, 0.1) is 0 Å². The zero-order valence-electron chi connectivity index (χ0n) is 10.7. The third kappa shape index (κ3) is 4.02. The van der Waals surface area contributed by atoms with Gasteiger partial charge in [0.1, 0.15) is 11.5 Å². The lowest BCUT2D eigenvalue weighted by atomic mass is 10.1. The van der Waals surface area contributed by atoms with Crippen molar-refractivity contribution >= 4 is 24.8 Å². The molecule has 0 radical (unpaired) electrons. The van der Waals surface area contributed by atoms with Crippen LogP contribution in [-0.2, 0) is 6.42 Å². The Kier molecular flexibility index (Phi) is 8.36. The number of nitrogens with one attached hydrogen (secondary N) is 1. The highest BCUT2D eigenvalue weighted by Gasteiger charge is 2.21. The molecule has 0 amide bonds. The van der Waals surface area contributed by atoms with Gasteiger partial charge in [0.15, 0.2) is 0 Å². The molecule has 0 bridgehead atoms. The molecule has 1 atom stereocenters. The maximum absolute atomic E-state index is 5.81. The minimum absolute atomic E-state index is 0. The van der Waals surface area contributed by atoms with Crippen molar-refractivity contribution in [3.63, 3.8) is 0 Å². The molecule has 1 aromatic rings. The Labute approximate surface area is 121 Å². The molecule has 1 aliphatic rings. The number of hydrogen-bond donors (Lipinski definition) is 1. The molecule has 0 unspecified atom stereocenters. The third-order valence-electron chi connectivity index (χ3n) is 3.09. The summed E-state index contributed by atoms with van der Waals surface area (Å²) >= 11 is 0. The number of aryl methyl sites for hydroxylation is 1. The maximum Gasteiger partial charge on any atom is 0.125 e. The van der Waals surface area contributed by atoms with E-state index in [-0.39, 0.29) is 30.9 Å². The lowest BCUT2D eigenvalue weighted by Crippen LogP contribution is -2.44. The fourth-order valence-electron chi connectivity index (χ4n) is 2.15. The highest BCUT2D eigenvalue weighted by Crippen LogP contribution is 2.24. The first-order valence-electron chi connectivity index (χ1n) is 6.01. The Bertz CT molecular complexity index is 349. The summed E-state index contributed by atoms with van der Waals surface area (Å²) in [6.45, 7) is 10.2. The molecule has 1 saturated heterocycles. The number of rotatable bonds is 4. The second-order valence-electron chi connectivity index (χ2n) is 4.12. The summed E-state index contributed by atoms with van der Waals surface area (Å²) in [4.78, 5) is 2.40. The molecule has 2 rings (SSSR count). The van der Waals surface area contributed by atoms with Crippen molar-refractivity contribution < 1.29 is 4.42 Å². The number of hydrogen-bond acceptors (Lipinski definition) is 3. The summed E-state index contributed by atoms with van der Waals surface area (Å²) in [5.74, 6) is 2.07. The Morgan fingerprint density at radius 1 is 1.39 bits per heavy atom. The van der Waals surface area contributed by atoms with Gasteiger partial charge < -0.3 is 9.73 Å². The van der Waals surface area contributed by atoms with E-state index in [1.54, 1.807) is 0 Å². The highest BCUT2D eigenvalue weighted by molar-refractivity contribution is 5.85. The average molecular weight is 293 g/mol. The van der Waals surface area contributed by atoms with Gasteiger partial charge in [-0.3, -0.25) is 4.90 Å². The lowest BCUT2D eigenvalue weighted by Gasteiger charge is -2.31. The van der Waals surface area contributed by atoms with Crippen LogP contribution in [0.5, 0.6) is 0 Å². The van der Waals surface area contributed by atoms with Crippen molar-refractivity contribution in [3.8, 4) is 0 Å². The smallest absolute Gasteiger partial charge is 0.125 e. The largest absolute Gasteiger partial charge is 0.464 e. The molecule has 18 heavy (non-hydrogen) atoms. The summed E-state index contributed by atoms with van der Waals surface area (Å²) in [5, 5.41) is 3.35. The Hall–Kier alpha value is -0.480. The first-order valence-corrected chi connectivity index (χ1v) is 6.01. The predicted molar refractivity (Wildman–Crippen MR) is 80.0 cm³/mol. The van der Waals surface area contributed by atoms with E-state index in [0.717, 1.165) is 44.1 Å². The van der Waals surface area contributed by atoms with Gasteiger partial charge in [-0.05, 0) is 12.1 Å². The van der Waals surface area contributed by atoms with Crippen LogP contribution in [0.4, 0.5) is 0 Å². The Balaban J connectivity index is 0.00000144. The molecule has 3 nitrogen and oxygen atoms in total. The predicted octanol–water partition coefficient (Wildman–Crippen LogP) is 2.82. The van der Waals surface area contributed by atoms with Crippen LogP contribution in [0.3, 0.4) is 0 Å². The number of piperazine rings is 1. The summed E-state index contributed by atoms with van der Waals surface area (Å²) in [7, 11) is 0. The summed E-state index contributed by atoms with van der Waals surface area (Å²) < 4.78 is 5.81. The maximum atomic E-state index is 5.81. The van der Waals surface area contributed by atoms with Crippen LogP contribution in [0.15, 0.2) is 29.2 Å². The zero-order chi connectivity index (χ0) is 11.4. The first kappa shape index (κ1) is 17.5. The summed E-state index contributed by atoms with van der Waals surface area (Å²) in [6.07, 6.45) is 2.93. The van der Waals surface area contributed by atoms with E-state index >= 15 is 0 Å². The van der Waals surface area contributed by atoms with Crippen LogP contribution in [0.2, 0.25) is 0 Å². The minimum Gasteiger partial charge on any atom is -0.464 e. The lowest BCUT2D eigenvalue weighted by molar-refractivity contribution is 0.184. The van der Waals surface area contributed by atoms with Crippen molar-refractivity contribution in [1.82, 2.24) is 10.2 Å². The SMILES string of the molecule is C=C[C@H](c1ccc(CC)o1)N1CCNCC1.Cl.Cl. The third-order valence-corrected chi connectivity index (χ3v) is 3.09. The van der Waals surface area contributed by atoms with E-state index in [0.29, 0.717) is 0 Å². The molecule has 2 heterocycles. The molecule has 1 fully saturated rings. The second-order valence-corrected chi connectivity index (χ2v) is 4.12. The number of halogens is 2. The molecule has 0 saturated carbocycles. The molecule has 1 N–H and O–H groups in total. The summed E-state index contributed by atoms with van der Waals surface area (Å²) in [6, 6.07) is 4.36. The standard InChI is InChI=1S/C13H20N2O.2ClH/c1-3-11-5-6-13(16-11)12(4-2)15-9-7-14-8-10-15;;/h4-6,12,14H,2-3,7-10H2,1H3;2*1H/t12-;;/m1../s1. The molecule has 1 aliphatic heterocycles. The average Bonchev–Trinajstić information content (AvgIpc) is 2.80. The van der Waals surface area contributed by atoms with Gasteiger partial charge in [-0.1, -0.05) is 13.0 Å². The van der Waals surface area contributed by atoms with Gasteiger partial charge in [0.25, 0.3) is 0 Å². The summed E-state index contributed by atoms with van der Waals surface area (Å²) in [5.41, 5.74) is 0. The normalized spacial score (nSPS) is 17.4. The van der Waals surface area contributed by atoms with E-state index < -0.39 is 0 Å². The molecule has 1 aromatic heterocycles. The monoisotopic (exact) mass is 292 g/mol. The van der Waals surface area contributed by atoms with E-state index in [1.165, 1.54) is 0 Å². The molecular weight excluding hydrogens is 271 g/mol. The van der Waals surface area contributed by atoms with Crippen LogP contribution < -0.4 is 5.32 Å². The number of furan rings is 1. The fourth-order valence-corrected chi connectivity index (χ4v) is 2.15. The van der Waals surface area contributed by atoms with Crippen molar-refractivity contribution in [2.24, 2.45) is 0 Å². The van der Waals surface area contributed by atoms with Crippen LogP contribution >= 0.6 is 24.8 Å². The van der Waals surface area contributed by atoms with Crippen molar-refractivity contribution in [2.45, 2.75) is 19.4 Å². The van der Waals surface area contributed by atoms with Gasteiger partial charge in [-0.25, -0.2) is 0 Å². The van der Waals surface area contributed by atoms with E-state index in [4.69, 9.17) is 4.42 Å². The van der Waals surface area contributed by atoms with E-state index in [2.05, 4.69) is 35.9 Å². The second kappa shape index (κ2) is 8.59. The molecule has 5 heteroatoms. The van der Waals surface area contributed by atoms with Gasteiger partial charge in [0.05, 0.1) is 6.04 Å². The fraction of sp³-hybridized carbons (Fsp3) is 0.538. The quantitative estimate of drug-likeness (QED) is 0.865. The van der Waals surface area contributed by atoms with Gasteiger partial charge in [0, 0.05) is 32.6 Å². The molecule has 0 aliphatic carbocycles. The number of nitrogens with zero attached hydrogens (tertiary/aromatic N) is 1. The van der Waals surface area contributed by atoms with E-state index in [9.17, 15) is 0 Å². The van der Waals surface area contributed by atoms with Crippen LogP contribution in [-0.4, -0.2) is 31.1 Å². The topological polar surface area (TPSA) is 28.4 Å². The molecule has 104 valence electrons. The molecule has 0 spiro atoms. The van der Waals surface area contributed by atoms with Gasteiger partial charge in [-0.15, -0.1) is 31.4 Å². The Morgan fingerprint density at radius 2 is 2.06 bits per heavy atom. The van der Waals surface area contributed by atoms with E-state index in [1.807, 2.05) is 6.08 Å². The van der Waals surface area contributed by atoms with Gasteiger partial charge >= 0.3 is 0 Å². The minimum atomic E-state index is 0. The molecular formula is C13H22Cl2N2O. The first-order chi connectivity index (χ1) is 7.85. The highest BCUT2D eigenvalue weighted by atomic mass is 35.5. The van der Waals surface area contributed by atoms with Gasteiger partial charge in [-0.2, -0.15) is 0 Å². The van der Waals surface area contributed by atoms with Crippen molar-refractivity contribution in [2.75, 3.05) is 26.2 Å². The van der Waals surface area contributed by atoms with Crippen LogP contribution in [0.1, 0.15) is 24.5 Å². The van der Waals surface area contributed by atoms with Crippen molar-refractivity contribution in [1.29, 1.82) is 0 Å². The molecule has 0 aromatic carbocycles.